The molecular weight excluding hydrogens is 284 g/mol. The Bertz CT molecular complexity index is 734. The zero-order valence-electron chi connectivity index (χ0n) is 11.6. The number of nitrogens with zero attached hydrogens (tertiary/aromatic N) is 3. The molecule has 6 rings (SSSR count). The summed E-state index contributed by atoms with van der Waals surface area (Å²) < 4.78 is 1.20. The van der Waals surface area contributed by atoms with Crippen LogP contribution in [0.1, 0.15) is 18.4 Å². The minimum absolute atomic E-state index is 0.372. The fraction of sp³-hybridized carbons (Fsp3) is 0.467. The SMILES string of the molecule is c1nc2cc(C3=NC4(CN5CCC4CC5)ON3)ccc2s1. The average molecular weight is 300 g/mol. The predicted octanol–water partition coefficient (Wildman–Crippen LogP) is 2.00. The summed E-state index contributed by atoms with van der Waals surface area (Å²) in [5.74, 6) is 1.38. The van der Waals surface area contributed by atoms with E-state index in [1.807, 2.05) is 5.51 Å². The third-order valence-electron chi connectivity index (χ3n) is 4.90. The molecule has 2 bridgehead atoms. The molecule has 6 heteroatoms. The molecule has 4 aliphatic rings. The van der Waals surface area contributed by atoms with Crippen molar-refractivity contribution in [3.8, 4) is 0 Å². The standard InChI is InChI=1S/C15H16N4OS/c1-2-13-12(16-9-21-13)7-10(1)14-17-15(20-18-14)8-19-5-3-11(15)4-6-19/h1-2,7,9,11H,3-6,8H2,(H,17,18). The van der Waals surface area contributed by atoms with E-state index in [2.05, 4.69) is 33.6 Å². The first kappa shape index (κ1) is 12.1. The highest BCUT2D eigenvalue weighted by Gasteiger charge is 2.51. The lowest BCUT2D eigenvalue weighted by molar-refractivity contribution is -0.155. The second-order valence-electron chi connectivity index (χ2n) is 6.09. The van der Waals surface area contributed by atoms with Crippen molar-refractivity contribution >= 4 is 27.4 Å². The highest BCUT2D eigenvalue weighted by Crippen LogP contribution is 2.41. The third-order valence-corrected chi connectivity index (χ3v) is 5.71. The predicted molar refractivity (Wildman–Crippen MR) is 82.3 cm³/mol. The number of thiazole rings is 1. The first-order valence-corrected chi connectivity index (χ1v) is 8.30. The van der Waals surface area contributed by atoms with Crippen molar-refractivity contribution in [1.82, 2.24) is 15.4 Å². The van der Waals surface area contributed by atoms with Gasteiger partial charge in [0.25, 0.3) is 0 Å². The number of hydrogen-bond donors (Lipinski definition) is 1. The first-order chi connectivity index (χ1) is 10.3. The van der Waals surface area contributed by atoms with Gasteiger partial charge in [0.2, 0.25) is 5.72 Å². The Morgan fingerprint density at radius 1 is 1.33 bits per heavy atom. The maximum absolute atomic E-state index is 5.96. The van der Waals surface area contributed by atoms with Crippen LogP contribution in [-0.2, 0) is 4.84 Å². The minimum Gasteiger partial charge on any atom is -0.298 e. The van der Waals surface area contributed by atoms with Crippen LogP contribution in [0.3, 0.4) is 0 Å². The van der Waals surface area contributed by atoms with Crippen LogP contribution in [0.15, 0.2) is 28.7 Å². The molecular formula is C15H16N4OS. The summed E-state index contributed by atoms with van der Waals surface area (Å²) in [5, 5.41) is 0. The largest absolute Gasteiger partial charge is 0.298 e. The number of aromatic nitrogens is 1. The molecule has 1 spiro atoms. The molecule has 5 nitrogen and oxygen atoms in total. The number of fused-ring (bicyclic) bond motifs is 3. The number of hydrogen-bond acceptors (Lipinski definition) is 6. The van der Waals surface area contributed by atoms with Crippen molar-refractivity contribution < 1.29 is 4.84 Å². The quantitative estimate of drug-likeness (QED) is 0.875. The number of nitrogens with one attached hydrogen (secondary N) is 1. The lowest BCUT2D eigenvalue weighted by atomic mass is 9.81. The summed E-state index contributed by atoms with van der Waals surface area (Å²) >= 11 is 1.66. The van der Waals surface area contributed by atoms with Crippen molar-refractivity contribution in [2.75, 3.05) is 19.6 Å². The van der Waals surface area contributed by atoms with Crippen LogP contribution >= 0.6 is 11.3 Å². The third kappa shape index (κ3) is 1.76. The van der Waals surface area contributed by atoms with Crippen LogP contribution in [-0.4, -0.2) is 41.1 Å². The van der Waals surface area contributed by atoms with Crippen molar-refractivity contribution in [2.24, 2.45) is 10.9 Å². The molecule has 1 aromatic heterocycles. The van der Waals surface area contributed by atoms with Crippen LogP contribution in [0.5, 0.6) is 0 Å². The van der Waals surface area contributed by atoms with Gasteiger partial charge in [0.15, 0.2) is 5.84 Å². The van der Waals surface area contributed by atoms with E-state index in [1.165, 1.54) is 30.6 Å². The summed E-state index contributed by atoms with van der Waals surface area (Å²) in [7, 11) is 0. The zero-order chi connectivity index (χ0) is 13.9. The minimum atomic E-state index is -0.372. The molecule has 3 saturated heterocycles. The van der Waals surface area contributed by atoms with E-state index >= 15 is 0 Å². The number of hydroxylamine groups is 1. The summed E-state index contributed by atoms with van der Waals surface area (Å²) in [6.45, 7) is 3.28. The van der Waals surface area contributed by atoms with Gasteiger partial charge >= 0.3 is 0 Å². The van der Waals surface area contributed by atoms with Gasteiger partial charge in [0, 0.05) is 11.5 Å². The number of amidine groups is 1. The second kappa shape index (κ2) is 4.25. The van der Waals surface area contributed by atoms with Gasteiger partial charge in [0.05, 0.1) is 22.3 Å². The maximum atomic E-state index is 5.96. The lowest BCUT2D eigenvalue weighted by Crippen LogP contribution is -2.58. The van der Waals surface area contributed by atoms with Crippen molar-refractivity contribution in [3.63, 3.8) is 0 Å². The Labute approximate surface area is 126 Å². The van der Waals surface area contributed by atoms with Crippen LogP contribution in [0.25, 0.3) is 10.2 Å². The van der Waals surface area contributed by atoms with E-state index in [0.717, 1.165) is 23.5 Å². The lowest BCUT2D eigenvalue weighted by Gasteiger charge is -2.47. The number of benzene rings is 1. The van der Waals surface area contributed by atoms with Gasteiger partial charge in [-0.1, -0.05) is 0 Å². The fourth-order valence-electron chi connectivity index (χ4n) is 3.73. The van der Waals surface area contributed by atoms with Gasteiger partial charge < -0.3 is 0 Å². The van der Waals surface area contributed by atoms with E-state index < -0.39 is 0 Å². The molecule has 1 atom stereocenters. The summed E-state index contributed by atoms with van der Waals surface area (Å²) in [5.41, 5.74) is 6.66. The highest BCUT2D eigenvalue weighted by molar-refractivity contribution is 7.16. The van der Waals surface area contributed by atoms with Gasteiger partial charge in [-0.2, -0.15) is 0 Å². The highest BCUT2D eigenvalue weighted by atomic mass is 32.1. The van der Waals surface area contributed by atoms with E-state index in [1.54, 1.807) is 11.3 Å². The first-order valence-electron chi connectivity index (χ1n) is 7.42. The van der Waals surface area contributed by atoms with Crippen LogP contribution in [0.4, 0.5) is 0 Å². The Balaban J connectivity index is 1.53. The molecule has 1 aromatic carbocycles. The van der Waals surface area contributed by atoms with Gasteiger partial charge in [-0.15, -0.1) is 11.3 Å². The normalized spacial score (nSPS) is 34.4. The molecule has 5 heterocycles. The maximum Gasteiger partial charge on any atom is 0.202 e. The van der Waals surface area contributed by atoms with E-state index in [9.17, 15) is 0 Å². The van der Waals surface area contributed by atoms with Crippen LogP contribution < -0.4 is 5.48 Å². The molecule has 1 N–H and O–H groups in total. The molecule has 108 valence electrons. The van der Waals surface area contributed by atoms with Crippen molar-refractivity contribution in [1.29, 1.82) is 0 Å². The molecule has 0 amide bonds. The van der Waals surface area contributed by atoms with E-state index in [-0.39, 0.29) is 5.72 Å². The van der Waals surface area contributed by atoms with Crippen molar-refractivity contribution in [3.05, 3.63) is 29.3 Å². The molecule has 2 aromatic rings. The smallest absolute Gasteiger partial charge is 0.202 e. The fourth-order valence-corrected chi connectivity index (χ4v) is 4.39. The molecule has 4 aliphatic heterocycles. The Kier molecular flexibility index (Phi) is 2.45. The van der Waals surface area contributed by atoms with Crippen LogP contribution in [0, 0.1) is 5.92 Å². The van der Waals surface area contributed by atoms with E-state index in [0.29, 0.717) is 5.92 Å². The van der Waals surface area contributed by atoms with Gasteiger partial charge in [-0.25, -0.2) is 20.3 Å². The Hall–Kier alpha value is -1.50. The molecule has 0 saturated carbocycles. The van der Waals surface area contributed by atoms with Crippen LogP contribution in [0.2, 0.25) is 0 Å². The molecule has 1 unspecified atom stereocenters. The summed E-state index contributed by atoms with van der Waals surface area (Å²) in [6, 6.07) is 6.28. The second-order valence-corrected chi connectivity index (χ2v) is 6.98. The zero-order valence-corrected chi connectivity index (χ0v) is 12.4. The monoisotopic (exact) mass is 300 g/mol. The average Bonchev–Trinajstić information content (AvgIpc) is 3.15. The molecule has 3 fully saturated rings. The topological polar surface area (TPSA) is 49.8 Å². The van der Waals surface area contributed by atoms with E-state index in [4.69, 9.17) is 9.83 Å². The van der Waals surface area contributed by atoms with Gasteiger partial charge in [-0.05, 0) is 44.1 Å². The molecule has 0 radical (unpaired) electrons. The molecule has 21 heavy (non-hydrogen) atoms. The summed E-state index contributed by atoms with van der Waals surface area (Å²) in [4.78, 5) is 17.7. The number of aliphatic imine (C=N–C) groups is 1. The summed E-state index contributed by atoms with van der Waals surface area (Å²) in [6.07, 6.45) is 2.37. The molecule has 0 aliphatic carbocycles. The van der Waals surface area contributed by atoms with Gasteiger partial charge in [-0.3, -0.25) is 4.90 Å². The number of piperidine rings is 3. The van der Waals surface area contributed by atoms with Crippen molar-refractivity contribution in [2.45, 2.75) is 18.6 Å². The Morgan fingerprint density at radius 2 is 2.24 bits per heavy atom. The van der Waals surface area contributed by atoms with Gasteiger partial charge in [0.1, 0.15) is 0 Å². The Morgan fingerprint density at radius 3 is 3.05 bits per heavy atom. The number of rotatable bonds is 1.